The van der Waals surface area contributed by atoms with E-state index in [-0.39, 0.29) is 11.9 Å². The summed E-state index contributed by atoms with van der Waals surface area (Å²) in [5.41, 5.74) is 0.991. The summed E-state index contributed by atoms with van der Waals surface area (Å²) in [5.74, 6) is 1.49. The number of hydrogen-bond acceptors (Lipinski definition) is 4. The number of amides is 1. The highest BCUT2D eigenvalue weighted by Crippen LogP contribution is 2.30. The number of hydrogen-bond donors (Lipinski definition) is 3. The number of benzene rings is 1. The van der Waals surface area contributed by atoms with Gasteiger partial charge in [-0.05, 0) is 31.2 Å². The lowest BCUT2D eigenvalue weighted by Crippen LogP contribution is -2.40. The van der Waals surface area contributed by atoms with E-state index < -0.39 is 6.10 Å². The van der Waals surface area contributed by atoms with Crippen molar-refractivity contribution < 1.29 is 14.6 Å². The Morgan fingerprint density at radius 2 is 2.19 bits per heavy atom. The molecule has 1 aliphatic heterocycles. The fourth-order valence-electron chi connectivity index (χ4n) is 2.51. The minimum absolute atomic E-state index is 0.0662. The summed E-state index contributed by atoms with van der Waals surface area (Å²) in [6, 6.07) is 7.52. The zero-order valence-corrected chi connectivity index (χ0v) is 12.0. The Morgan fingerprint density at radius 3 is 2.90 bits per heavy atom. The molecule has 0 spiro atoms. The molecule has 0 radical (unpaired) electrons. The Bertz CT molecular complexity index is 502. The lowest BCUT2D eigenvalue weighted by atomic mass is 10.1. The Labute approximate surface area is 124 Å². The van der Waals surface area contributed by atoms with Crippen LogP contribution in [-0.2, 0) is 11.3 Å². The van der Waals surface area contributed by atoms with Gasteiger partial charge >= 0.3 is 0 Å². The number of para-hydroxylation sites is 1. The largest absolute Gasteiger partial charge is 0.493 e. The topological polar surface area (TPSA) is 70.6 Å². The molecule has 5 nitrogen and oxygen atoms in total. The smallest absolute Gasteiger partial charge is 0.237 e. The summed E-state index contributed by atoms with van der Waals surface area (Å²) < 4.78 is 5.83. The number of carbonyl (C=O) groups excluding carboxylic acids is 1. The highest BCUT2D eigenvalue weighted by molar-refractivity contribution is 5.82. The van der Waals surface area contributed by atoms with Gasteiger partial charge < -0.3 is 20.5 Å². The monoisotopic (exact) mass is 290 g/mol. The number of carbonyl (C=O) groups is 1. The SMILES string of the molecule is O=C(NCc1ccccc1OCC1CC1)C1CC(O)CN1. The summed E-state index contributed by atoms with van der Waals surface area (Å²) in [4.78, 5) is 12.0. The number of nitrogens with one attached hydrogen (secondary N) is 2. The molecule has 1 amide bonds. The fourth-order valence-corrected chi connectivity index (χ4v) is 2.51. The maximum Gasteiger partial charge on any atom is 0.237 e. The van der Waals surface area contributed by atoms with Crippen LogP contribution in [-0.4, -0.2) is 36.3 Å². The molecule has 3 rings (SSSR count). The van der Waals surface area contributed by atoms with Gasteiger partial charge in [-0.1, -0.05) is 18.2 Å². The first kappa shape index (κ1) is 14.4. The maximum absolute atomic E-state index is 12.0. The summed E-state index contributed by atoms with van der Waals surface area (Å²) in [6.45, 7) is 1.70. The first-order valence-electron chi connectivity index (χ1n) is 7.62. The first-order valence-corrected chi connectivity index (χ1v) is 7.62. The number of aliphatic hydroxyl groups is 1. The van der Waals surface area contributed by atoms with Gasteiger partial charge in [0.15, 0.2) is 0 Å². The Balaban J connectivity index is 1.52. The third-order valence-corrected chi connectivity index (χ3v) is 4.02. The Hall–Kier alpha value is -1.59. The van der Waals surface area contributed by atoms with Crippen molar-refractivity contribution in [3.8, 4) is 5.75 Å². The summed E-state index contributed by atoms with van der Waals surface area (Å²) in [6.07, 6.45) is 2.57. The van der Waals surface area contributed by atoms with Crippen LogP contribution >= 0.6 is 0 Å². The van der Waals surface area contributed by atoms with E-state index in [2.05, 4.69) is 10.6 Å². The van der Waals surface area contributed by atoms with E-state index in [1.54, 1.807) is 0 Å². The molecule has 1 aromatic rings. The number of β-amino-alcohol motifs (C(OH)–C–C–N with tert-alkyl or cyclic N) is 1. The Kier molecular flexibility index (Phi) is 4.41. The minimum atomic E-state index is -0.421. The highest BCUT2D eigenvalue weighted by atomic mass is 16.5. The van der Waals surface area contributed by atoms with Crippen LogP contribution in [0.15, 0.2) is 24.3 Å². The normalized spacial score (nSPS) is 24.8. The van der Waals surface area contributed by atoms with E-state index in [1.165, 1.54) is 12.8 Å². The van der Waals surface area contributed by atoms with Gasteiger partial charge in [-0.2, -0.15) is 0 Å². The average molecular weight is 290 g/mol. The van der Waals surface area contributed by atoms with Crippen LogP contribution in [0.25, 0.3) is 0 Å². The second kappa shape index (κ2) is 6.45. The number of ether oxygens (including phenoxy) is 1. The second-order valence-corrected chi connectivity index (χ2v) is 5.93. The van der Waals surface area contributed by atoms with Gasteiger partial charge in [0.05, 0.1) is 18.8 Å². The van der Waals surface area contributed by atoms with Crippen LogP contribution in [0.3, 0.4) is 0 Å². The van der Waals surface area contributed by atoms with Gasteiger partial charge in [0.25, 0.3) is 0 Å². The van der Waals surface area contributed by atoms with Crippen molar-refractivity contribution in [2.75, 3.05) is 13.2 Å². The van der Waals surface area contributed by atoms with E-state index >= 15 is 0 Å². The van der Waals surface area contributed by atoms with Crippen LogP contribution in [0.5, 0.6) is 5.75 Å². The third kappa shape index (κ3) is 3.95. The van der Waals surface area contributed by atoms with Crippen molar-refractivity contribution in [2.45, 2.75) is 38.0 Å². The fraction of sp³-hybridized carbons (Fsp3) is 0.562. The van der Waals surface area contributed by atoms with E-state index in [4.69, 9.17) is 4.74 Å². The molecule has 1 aliphatic carbocycles. The summed E-state index contributed by atoms with van der Waals surface area (Å²) >= 11 is 0. The molecule has 5 heteroatoms. The molecule has 1 aromatic carbocycles. The minimum Gasteiger partial charge on any atom is -0.493 e. The van der Waals surface area contributed by atoms with E-state index in [1.807, 2.05) is 24.3 Å². The Morgan fingerprint density at radius 1 is 1.38 bits per heavy atom. The molecule has 2 aliphatic rings. The van der Waals surface area contributed by atoms with Crippen LogP contribution in [0.2, 0.25) is 0 Å². The van der Waals surface area contributed by atoms with Crippen molar-refractivity contribution in [2.24, 2.45) is 5.92 Å². The first-order chi connectivity index (χ1) is 10.2. The van der Waals surface area contributed by atoms with Gasteiger partial charge in [-0.3, -0.25) is 4.79 Å². The molecule has 2 unspecified atom stereocenters. The van der Waals surface area contributed by atoms with Crippen LogP contribution in [0, 0.1) is 5.92 Å². The van der Waals surface area contributed by atoms with Crippen LogP contribution in [0.1, 0.15) is 24.8 Å². The lowest BCUT2D eigenvalue weighted by Gasteiger charge is -2.14. The molecule has 0 aromatic heterocycles. The molecule has 3 N–H and O–H groups in total. The maximum atomic E-state index is 12.0. The number of rotatable bonds is 6. The van der Waals surface area contributed by atoms with Gasteiger partial charge in [0.2, 0.25) is 5.91 Å². The van der Waals surface area contributed by atoms with Crippen LogP contribution < -0.4 is 15.4 Å². The molecular weight excluding hydrogens is 268 g/mol. The molecule has 1 heterocycles. The molecule has 0 bridgehead atoms. The molecule has 1 saturated carbocycles. The zero-order valence-electron chi connectivity index (χ0n) is 12.0. The van der Waals surface area contributed by atoms with Crippen molar-refractivity contribution in [1.29, 1.82) is 0 Å². The van der Waals surface area contributed by atoms with Gasteiger partial charge in [0.1, 0.15) is 5.75 Å². The molecule has 114 valence electrons. The third-order valence-electron chi connectivity index (χ3n) is 4.02. The van der Waals surface area contributed by atoms with Crippen LogP contribution in [0.4, 0.5) is 0 Å². The van der Waals surface area contributed by atoms with Crippen molar-refractivity contribution in [3.63, 3.8) is 0 Å². The van der Waals surface area contributed by atoms with Crippen molar-refractivity contribution in [3.05, 3.63) is 29.8 Å². The average Bonchev–Trinajstić information content (AvgIpc) is 3.23. The van der Waals surface area contributed by atoms with Crippen molar-refractivity contribution in [1.82, 2.24) is 10.6 Å². The van der Waals surface area contributed by atoms with E-state index in [9.17, 15) is 9.90 Å². The van der Waals surface area contributed by atoms with Gasteiger partial charge in [-0.15, -0.1) is 0 Å². The number of aliphatic hydroxyl groups excluding tert-OH is 1. The standard InChI is InChI=1S/C16H22N2O3/c19-13-7-14(17-9-13)16(20)18-8-12-3-1-2-4-15(12)21-10-11-5-6-11/h1-4,11,13-14,17,19H,5-10H2,(H,18,20). The van der Waals surface area contributed by atoms with Gasteiger partial charge in [0, 0.05) is 18.7 Å². The molecule has 21 heavy (non-hydrogen) atoms. The summed E-state index contributed by atoms with van der Waals surface area (Å²) in [7, 11) is 0. The molecular formula is C16H22N2O3. The van der Waals surface area contributed by atoms with E-state index in [0.717, 1.165) is 17.9 Å². The van der Waals surface area contributed by atoms with Crippen molar-refractivity contribution >= 4 is 5.91 Å². The zero-order chi connectivity index (χ0) is 14.7. The summed E-state index contributed by atoms with van der Waals surface area (Å²) in [5, 5.41) is 15.4. The molecule has 2 atom stereocenters. The predicted octanol–water partition coefficient (Wildman–Crippen LogP) is 0.814. The van der Waals surface area contributed by atoms with E-state index in [0.29, 0.717) is 25.4 Å². The lowest BCUT2D eigenvalue weighted by molar-refractivity contribution is -0.123. The molecule has 2 fully saturated rings. The van der Waals surface area contributed by atoms with Gasteiger partial charge in [-0.25, -0.2) is 0 Å². The quantitative estimate of drug-likeness (QED) is 0.725. The molecule has 1 saturated heterocycles. The second-order valence-electron chi connectivity index (χ2n) is 5.93. The highest BCUT2D eigenvalue weighted by Gasteiger charge is 2.28. The predicted molar refractivity (Wildman–Crippen MR) is 78.9 cm³/mol.